The third kappa shape index (κ3) is 3.12. The van der Waals surface area contributed by atoms with Crippen molar-refractivity contribution in [3.8, 4) is 0 Å². The van der Waals surface area contributed by atoms with E-state index in [2.05, 4.69) is 4.98 Å². The topological polar surface area (TPSA) is 73.4 Å². The molecule has 0 fully saturated rings. The molecule has 15 heavy (non-hydrogen) atoms. The minimum Gasteiger partial charge on any atom is -0.481 e. The fourth-order valence-electron chi connectivity index (χ4n) is 1.27. The van der Waals surface area contributed by atoms with Gasteiger partial charge in [0, 0.05) is 19.3 Å². The summed E-state index contributed by atoms with van der Waals surface area (Å²) in [6.07, 6.45) is 1.64. The summed E-state index contributed by atoms with van der Waals surface area (Å²) in [6.45, 7) is 2.57. The number of carbonyl (C=O) groups excluding carboxylic acids is 1. The van der Waals surface area contributed by atoms with Gasteiger partial charge in [0.15, 0.2) is 0 Å². The maximum Gasteiger partial charge on any atom is 0.305 e. The van der Waals surface area contributed by atoms with Crippen molar-refractivity contribution in [3.63, 3.8) is 0 Å². The molecule has 0 radical (unpaired) electrons. The summed E-state index contributed by atoms with van der Waals surface area (Å²) in [6, 6.07) is 3.41. The molecule has 0 spiro atoms. The zero-order chi connectivity index (χ0) is 11.3. The standard InChI is InChI=1S/C10H14N2O3/c1-2-12(7-5-9(13)14)10(15)8-4-3-6-11-8/h3-4,6,11H,2,5,7H2,1H3,(H,13,14). The molecule has 1 amide bonds. The molecule has 0 unspecified atom stereocenters. The lowest BCUT2D eigenvalue weighted by molar-refractivity contribution is -0.137. The average molecular weight is 210 g/mol. The van der Waals surface area contributed by atoms with Crippen molar-refractivity contribution in [2.45, 2.75) is 13.3 Å². The lowest BCUT2D eigenvalue weighted by Gasteiger charge is -2.18. The molecule has 5 nitrogen and oxygen atoms in total. The number of aliphatic carboxylic acids is 1. The molecular weight excluding hydrogens is 196 g/mol. The number of nitrogens with one attached hydrogen (secondary N) is 1. The lowest BCUT2D eigenvalue weighted by Crippen LogP contribution is -2.33. The molecule has 0 aromatic carbocycles. The molecule has 0 saturated heterocycles. The number of carboxylic acid groups (broad SMARTS) is 1. The molecule has 0 atom stereocenters. The smallest absolute Gasteiger partial charge is 0.305 e. The van der Waals surface area contributed by atoms with Crippen molar-refractivity contribution in [1.82, 2.24) is 9.88 Å². The summed E-state index contributed by atoms with van der Waals surface area (Å²) in [4.78, 5) is 26.4. The maximum absolute atomic E-state index is 11.8. The number of aromatic amines is 1. The molecule has 1 aromatic rings. The molecule has 0 saturated carbocycles. The second kappa shape index (κ2) is 5.19. The van der Waals surface area contributed by atoms with Crippen LogP contribution in [0.25, 0.3) is 0 Å². The van der Waals surface area contributed by atoms with E-state index in [0.29, 0.717) is 12.2 Å². The van der Waals surface area contributed by atoms with Gasteiger partial charge in [-0.05, 0) is 19.1 Å². The minimum absolute atomic E-state index is 0.0275. The highest BCUT2D eigenvalue weighted by molar-refractivity contribution is 5.92. The van der Waals surface area contributed by atoms with E-state index < -0.39 is 5.97 Å². The molecule has 1 rings (SSSR count). The predicted molar refractivity (Wildman–Crippen MR) is 54.6 cm³/mol. The van der Waals surface area contributed by atoms with Crippen molar-refractivity contribution >= 4 is 11.9 Å². The lowest BCUT2D eigenvalue weighted by atomic mass is 10.3. The van der Waals surface area contributed by atoms with Crippen LogP contribution in [-0.2, 0) is 4.79 Å². The molecular formula is C10H14N2O3. The van der Waals surface area contributed by atoms with Crippen molar-refractivity contribution in [1.29, 1.82) is 0 Å². The van der Waals surface area contributed by atoms with Crippen LogP contribution in [0.15, 0.2) is 18.3 Å². The van der Waals surface area contributed by atoms with E-state index in [0.717, 1.165) is 0 Å². The predicted octanol–water partition coefficient (Wildman–Crippen LogP) is 0.951. The number of carbonyl (C=O) groups is 2. The Balaban J connectivity index is 2.59. The summed E-state index contributed by atoms with van der Waals surface area (Å²) < 4.78 is 0. The Morgan fingerprint density at radius 2 is 2.27 bits per heavy atom. The van der Waals surface area contributed by atoms with Crippen LogP contribution in [0.5, 0.6) is 0 Å². The fraction of sp³-hybridized carbons (Fsp3) is 0.400. The molecule has 0 aliphatic heterocycles. The van der Waals surface area contributed by atoms with Gasteiger partial charge in [-0.2, -0.15) is 0 Å². The third-order valence-electron chi connectivity index (χ3n) is 2.09. The van der Waals surface area contributed by atoms with E-state index in [4.69, 9.17) is 5.11 Å². The number of carboxylic acids is 1. The van der Waals surface area contributed by atoms with E-state index in [-0.39, 0.29) is 18.9 Å². The summed E-state index contributed by atoms with van der Waals surface area (Å²) in [5, 5.41) is 8.52. The quantitative estimate of drug-likeness (QED) is 0.760. The fourth-order valence-corrected chi connectivity index (χ4v) is 1.27. The van der Waals surface area contributed by atoms with Gasteiger partial charge in [0.05, 0.1) is 6.42 Å². The van der Waals surface area contributed by atoms with Gasteiger partial charge in [-0.15, -0.1) is 0 Å². The number of nitrogens with zero attached hydrogens (tertiary/aromatic N) is 1. The van der Waals surface area contributed by atoms with Gasteiger partial charge in [0.25, 0.3) is 5.91 Å². The summed E-state index contributed by atoms with van der Waals surface area (Å²) in [7, 11) is 0. The number of aromatic nitrogens is 1. The Kier molecular flexibility index (Phi) is 3.91. The number of rotatable bonds is 5. The van der Waals surface area contributed by atoms with Gasteiger partial charge in [0.2, 0.25) is 0 Å². The first-order valence-corrected chi connectivity index (χ1v) is 4.79. The van der Waals surface area contributed by atoms with Crippen molar-refractivity contribution in [3.05, 3.63) is 24.0 Å². The molecule has 0 aliphatic rings. The van der Waals surface area contributed by atoms with Gasteiger partial charge < -0.3 is 15.0 Å². The third-order valence-corrected chi connectivity index (χ3v) is 2.09. The normalized spacial score (nSPS) is 9.93. The van der Waals surface area contributed by atoms with E-state index >= 15 is 0 Å². The minimum atomic E-state index is -0.896. The second-order valence-corrected chi connectivity index (χ2v) is 3.11. The zero-order valence-corrected chi connectivity index (χ0v) is 8.56. The van der Waals surface area contributed by atoms with Gasteiger partial charge in [-0.1, -0.05) is 0 Å². The summed E-state index contributed by atoms with van der Waals surface area (Å²) >= 11 is 0. The number of hydrogen-bond acceptors (Lipinski definition) is 2. The number of hydrogen-bond donors (Lipinski definition) is 2. The first kappa shape index (κ1) is 11.3. The van der Waals surface area contributed by atoms with E-state index in [1.165, 1.54) is 4.90 Å². The average Bonchev–Trinajstić information content (AvgIpc) is 2.70. The summed E-state index contributed by atoms with van der Waals surface area (Å²) in [5.74, 6) is -1.06. The van der Waals surface area contributed by atoms with Crippen molar-refractivity contribution < 1.29 is 14.7 Å². The van der Waals surface area contributed by atoms with Crippen molar-refractivity contribution in [2.75, 3.05) is 13.1 Å². The van der Waals surface area contributed by atoms with Crippen LogP contribution in [0.4, 0.5) is 0 Å². The number of amides is 1. The molecule has 2 N–H and O–H groups in total. The highest BCUT2D eigenvalue weighted by Gasteiger charge is 2.15. The molecule has 1 heterocycles. The highest BCUT2D eigenvalue weighted by atomic mass is 16.4. The van der Waals surface area contributed by atoms with Crippen LogP contribution >= 0.6 is 0 Å². The van der Waals surface area contributed by atoms with E-state index in [9.17, 15) is 9.59 Å². The maximum atomic E-state index is 11.8. The van der Waals surface area contributed by atoms with Gasteiger partial charge >= 0.3 is 5.97 Å². The molecule has 0 bridgehead atoms. The number of H-pyrrole nitrogens is 1. The van der Waals surface area contributed by atoms with Crippen LogP contribution in [0.3, 0.4) is 0 Å². The Labute approximate surface area is 87.7 Å². The first-order valence-electron chi connectivity index (χ1n) is 4.79. The molecule has 5 heteroatoms. The second-order valence-electron chi connectivity index (χ2n) is 3.11. The van der Waals surface area contributed by atoms with Crippen LogP contribution in [0, 0.1) is 0 Å². The van der Waals surface area contributed by atoms with Crippen LogP contribution in [0.2, 0.25) is 0 Å². The largest absolute Gasteiger partial charge is 0.481 e. The Bertz CT molecular complexity index is 332. The van der Waals surface area contributed by atoms with E-state index in [1.807, 2.05) is 6.92 Å². The zero-order valence-electron chi connectivity index (χ0n) is 8.56. The first-order chi connectivity index (χ1) is 7.15. The van der Waals surface area contributed by atoms with Crippen LogP contribution in [0.1, 0.15) is 23.8 Å². The van der Waals surface area contributed by atoms with Crippen molar-refractivity contribution in [2.24, 2.45) is 0 Å². The van der Waals surface area contributed by atoms with Crippen LogP contribution < -0.4 is 0 Å². The summed E-state index contributed by atoms with van der Waals surface area (Å²) in [5.41, 5.74) is 0.488. The molecule has 1 aromatic heterocycles. The Hall–Kier alpha value is -1.78. The molecule has 82 valence electrons. The monoisotopic (exact) mass is 210 g/mol. The van der Waals surface area contributed by atoms with Gasteiger partial charge in [-0.25, -0.2) is 0 Å². The van der Waals surface area contributed by atoms with Crippen LogP contribution in [-0.4, -0.2) is 40.0 Å². The highest BCUT2D eigenvalue weighted by Crippen LogP contribution is 2.02. The Morgan fingerprint density at radius 3 is 2.73 bits per heavy atom. The SMILES string of the molecule is CCN(CCC(=O)O)C(=O)c1ccc[nH]1. The molecule has 0 aliphatic carbocycles. The Morgan fingerprint density at radius 1 is 1.53 bits per heavy atom. The van der Waals surface area contributed by atoms with Gasteiger partial charge in [0.1, 0.15) is 5.69 Å². The van der Waals surface area contributed by atoms with E-state index in [1.54, 1.807) is 18.3 Å². The van der Waals surface area contributed by atoms with Gasteiger partial charge in [-0.3, -0.25) is 9.59 Å².